The molecular formula is C11H24N2. The van der Waals surface area contributed by atoms with Crippen LogP contribution in [0, 0.1) is 5.92 Å². The van der Waals surface area contributed by atoms with Crippen molar-refractivity contribution in [1.29, 1.82) is 0 Å². The van der Waals surface area contributed by atoms with Crippen LogP contribution >= 0.6 is 0 Å². The molecule has 3 N–H and O–H groups in total. The molecule has 0 aliphatic heterocycles. The van der Waals surface area contributed by atoms with Crippen LogP contribution in [0.4, 0.5) is 0 Å². The first-order chi connectivity index (χ1) is 6.08. The smallest absolute Gasteiger partial charge is 0.00975 e. The summed E-state index contributed by atoms with van der Waals surface area (Å²) in [6.07, 6.45) is 6.65. The summed E-state index contributed by atoms with van der Waals surface area (Å²) in [6.45, 7) is 6.56. The lowest BCUT2D eigenvalue weighted by atomic mass is 9.85. The molecule has 0 heterocycles. The van der Waals surface area contributed by atoms with Crippen molar-refractivity contribution in [3.63, 3.8) is 0 Å². The second-order valence-corrected chi connectivity index (χ2v) is 5.09. The van der Waals surface area contributed by atoms with E-state index < -0.39 is 0 Å². The van der Waals surface area contributed by atoms with E-state index in [9.17, 15) is 0 Å². The van der Waals surface area contributed by atoms with Gasteiger partial charge in [0.1, 0.15) is 0 Å². The van der Waals surface area contributed by atoms with Gasteiger partial charge in [0.15, 0.2) is 0 Å². The lowest BCUT2D eigenvalue weighted by Gasteiger charge is -2.25. The van der Waals surface area contributed by atoms with Crippen molar-refractivity contribution in [1.82, 2.24) is 5.32 Å². The van der Waals surface area contributed by atoms with Gasteiger partial charge in [0, 0.05) is 5.54 Å². The minimum Gasteiger partial charge on any atom is -0.326 e. The summed E-state index contributed by atoms with van der Waals surface area (Å²) in [5.74, 6) is 0.978. The standard InChI is InChI=1S/C11H24N2/c1-11(2,12)7-4-8-13-9-10-5-3-6-10/h10,13H,3-9,12H2,1-2H3. The molecule has 2 nitrogen and oxygen atoms in total. The number of rotatable bonds is 6. The monoisotopic (exact) mass is 184 g/mol. The molecule has 0 radical (unpaired) electrons. The largest absolute Gasteiger partial charge is 0.326 e. The van der Waals surface area contributed by atoms with Crippen LogP contribution in [-0.2, 0) is 0 Å². The average molecular weight is 184 g/mol. The number of hydrogen-bond donors (Lipinski definition) is 2. The zero-order chi connectivity index (χ0) is 9.73. The maximum Gasteiger partial charge on any atom is 0.00975 e. The van der Waals surface area contributed by atoms with Gasteiger partial charge in [0.05, 0.1) is 0 Å². The summed E-state index contributed by atoms with van der Waals surface area (Å²) in [5, 5.41) is 3.50. The molecule has 1 saturated carbocycles. The molecule has 0 aromatic carbocycles. The molecule has 0 unspecified atom stereocenters. The minimum absolute atomic E-state index is 0.0121. The Kier molecular flexibility index (Phi) is 4.20. The Morgan fingerprint density at radius 3 is 2.54 bits per heavy atom. The summed E-state index contributed by atoms with van der Waals surface area (Å²) in [7, 11) is 0. The molecule has 13 heavy (non-hydrogen) atoms. The second-order valence-electron chi connectivity index (χ2n) is 5.09. The first-order valence-corrected chi connectivity index (χ1v) is 5.57. The Hall–Kier alpha value is -0.0800. The SMILES string of the molecule is CC(C)(N)CCCNCC1CCC1. The molecule has 0 aromatic heterocycles. The van der Waals surface area contributed by atoms with Crippen molar-refractivity contribution < 1.29 is 0 Å². The second kappa shape index (κ2) is 4.97. The fourth-order valence-electron chi connectivity index (χ4n) is 1.67. The molecular weight excluding hydrogens is 160 g/mol. The van der Waals surface area contributed by atoms with E-state index in [0.717, 1.165) is 18.9 Å². The third-order valence-electron chi connectivity index (χ3n) is 2.83. The van der Waals surface area contributed by atoms with E-state index in [1.807, 2.05) is 0 Å². The van der Waals surface area contributed by atoms with E-state index >= 15 is 0 Å². The molecule has 0 spiro atoms. The van der Waals surface area contributed by atoms with Gasteiger partial charge in [-0.3, -0.25) is 0 Å². The average Bonchev–Trinajstić information content (AvgIpc) is 1.90. The number of hydrogen-bond acceptors (Lipinski definition) is 2. The van der Waals surface area contributed by atoms with Gasteiger partial charge in [-0.1, -0.05) is 6.42 Å². The zero-order valence-electron chi connectivity index (χ0n) is 9.10. The highest BCUT2D eigenvalue weighted by Gasteiger charge is 2.16. The van der Waals surface area contributed by atoms with Gasteiger partial charge >= 0.3 is 0 Å². The third-order valence-corrected chi connectivity index (χ3v) is 2.83. The summed E-state index contributed by atoms with van der Waals surface area (Å²) in [5.41, 5.74) is 5.90. The highest BCUT2D eigenvalue weighted by Crippen LogP contribution is 2.25. The van der Waals surface area contributed by atoms with Gasteiger partial charge in [0.25, 0.3) is 0 Å². The molecule has 0 aromatic rings. The van der Waals surface area contributed by atoms with Crippen LogP contribution in [0.5, 0.6) is 0 Å². The Bertz CT molecular complexity index is 134. The first kappa shape index (κ1) is 11.0. The van der Waals surface area contributed by atoms with Crippen molar-refractivity contribution in [2.24, 2.45) is 11.7 Å². The fraction of sp³-hybridized carbons (Fsp3) is 1.00. The summed E-state index contributed by atoms with van der Waals surface area (Å²) in [6, 6.07) is 0. The van der Waals surface area contributed by atoms with Crippen molar-refractivity contribution in [2.75, 3.05) is 13.1 Å². The lowest BCUT2D eigenvalue weighted by Crippen LogP contribution is -2.33. The van der Waals surface area contributed by atoms with Crippen LogP contribution in [0.1, 0.15) is 46.0 Å². The molecule has 0 atom stereocenters. The molecule has 2 heteroatoms. The van der Waals surface area contributed by atoms with Crippen LogP contribution < -0.4 is 11.1 Å². The third kappa shape index (κ3) is 5.27. The first-order valence-electron chi connectivity index (χ1n) is 5.57. The van der Waals surface area contributed by atoms with Crippen molar-refractivity contribution in [2.45, 2.75) is 51.5 Å². The minimum atomic E-state index is 0.0121. The van der Waals surface area contributed by atoms with Crippen molar-refractivity contribution in [3.05, 3.63) is 0 Å². The van der Waals surface area contributed by atoms with Gasteiger partial charge in [-0.15, -0.1) is 0 Å². The highest BCUT2D eigenvalue weighted by molar-refractivity contribution is 4.74. The molecule has 1 fully saturated rings. The summed E-state index contributed by atoms with van der Waals surface area (Å²) >= 11 is 0. The van der Waals surface area contributed by atoms with E-state index in [2.05, 4.69) is 19.2 Å². The number of nitrogens with one attached hydrogen (secondary N) is 1. The molecule has 0 saturated heterocycles. The van der Waals surface area contributed by atoms with E-state index in [1.54, 1.807) is 0 Å². The molecule has 0 amide bonds. The van der Waals surface area contributed by atoms with Crippen LogP contribution in [-0.4, -0.2) is 18.6 Å². The van der Waals surface area contributed by atoms with Gasteiger partial charge < -0.3 is 11.1 Å². The Morgan fingerprint density at radius 2 is 2.08 bits per heavy atom. The molecule has 1 rings (SSSR count). The van der Waals surface area contributed by atoms with E-state index in [4.69, 9.17) is 5.73 Å². The molecule has 78 valence electrons. The van der Waals surface area contributed by atoms with Gasteiger partial charge in [-0.05, 0) is 58.5 Å². The zero-order valence-corrected chi connectivity index (χ0v) is 9.10. The quantitative estimate of drug-likeness (QED) is 0.619. The topological polar surface area (TPSA) is 38.0 Å². The maximum absolute atomic E-state index is 5.89. The van der Waals surface area contributed by atoms with Crippen molar-refractivity contribution >= 4 is 0 Å². The normalized spacial score (nSPS) is 18.7. The van der Waals surface area contributed by atoms with E-state index in [-0.39, 0.29) is 5.54 Å². The molecule has 0 bridgehead atoms. The van der Waals surface area contributed by atoms with Crippen LogP contribution in [0.25, 0.3) is 0 Å². The number of nitrogens with two attached hydrogens (primary N) is 1. The highest BCUT2D eigenvalue weighted by atomic mass is 14.9. The summed E-state index contributed by atoms with van der Waals surface area (Å²) < 4.78 is 0. The van der Waals surface area contributed by atoms with Gasteiger partial charge in [0.2, 0.25) is 0 Å². The van der Waals surface area contributed by atoms with E-state index in [0.29, 0.717) is 0 Å². The Labute approximate surface area is 82.3 Å². The van der Waals surface area contributed by atoms with Gasteiger partial charge in [-0.2, -0.15) is 0 Å². The van der Waals surface area contributed by atoms with Crippen molar-refractivity contribution in [3.8, 4) is 0 Å². The maximum atomic E-state index is 5.89. The Morgan fingerprint density at radius 1 is 1.38 bits per heavy atom. The van der Waals surface area contributed by atoms with Crippen LogP contribution in [0.15, 0.2) is 0 Å². The van der Waals surface area contributed by atoms with Crippen LogP contribution in [0.2, 0.25) is 0 Å². The Balaban J connectivity index is 1.83. The van der Waals surface area contributed by atoms with Gasteiger partial charge in [-0.25, -0.2) is 0 Å². The molecule has 1 aliphatic rings. The predicted octanol–water partition coefficient (Wildman–Crippen LogP) is 1.89. The lowest BCUT2D eigenvalue weighted by molar-refractivity contribution is 0.299. The summed E-state index contributed by atoms with van der Waals surface area (Å²) in [4.78, 5) is 0. The van der Waals surface area contributed by atoms with Crippen LogP contribution in [0.3, 0.4) is 0 Å². The van der Waals surface area contributed by atoms with E-state index in [1.165, 1.54) is 32.2 Å². The molecule has 1 aliphatic carbocycles. The predicted molar refractivity (Wildman–Crippen MR) is 57.7 cm³/mol. The fourth-order valence-corrected chi connectivity index (χ4v) is 1.67.